The summed E-state index contributed by atoms with van der Waals surface area (Å²) in [6, 6.07) is 9.00. The van der Waals surface area contributed by atoms with Gasteiger partial charge in [-0.25, -0.2) is 9.78 Å². The molecule has 1 aliphatic carbocycles. The monoisotopic (exact) mass is 338 g/mol. The molecule has 5 heteroatoms. The highest BCUT2D eigenvalue weighted by atomic mass is 16.2. The number of nitrogens with one attached hydrogen (secondary N) is 1. The van der Waals surface area contributed by atoms with Crippen LogP contribution in [0.3, 0.4) is 0 Å². The van der Waals surface area contributed by atoms with E-state index in [2.05, 4.69) is 39.1 Å². The average molecular weight is 338 g/mol. The summed E-state index contributed by atoms with van der Waals surface area (Å²) in [4.78, 5) is 18.9. The zero-order chi connectivity index (χ0) is 17.2. The lowest BCUT2D eigenvalue weighted by atomic mass is 10.1. The van der Waals surface area contributed by atoms with E-state index >= 15 is 0 Å². The molecule has 2 aromatic rings. The lowest BCUT2D eigenvalue weighted by Crippen LogP contribution is -2.44. The number of nitrogens with zero attached hydrogens (tertiary/aromatic N) is 3. The second kappa shape index (κ2) is 6.90. The predicted octanol–water partition coefficient (Wildman–Crippen LogP) is 3.44. The fourth-order valence-corrected chi connectivity index (χ4v) is 3.72. The molecule has 2 amide bonds. The Morgan fingerprint density at radius 2 is 2.04 bits per heavy atom. The van der Waals surface area contributed by atoms with Crippen molar-refractivity contribution in [1.82, 2.24) is 19.8 Å². The van der Waals surface area contributed by atoms with E-state index in [1.165, 1.54) is 24.0 Å². The number of urea groups is 1. The van der Waals surface area contributed by atoms with Crippen LogP contribution in [0, 0.1) is 6.92 Å². The van der Waals surface area contributed by atoms with Crippen molar-refractivity contribution >= 4 is 6.03 Å². The first-order valence-corrected chi connectivity index (χ1v) is 9.32. The van der Waals surface area contributed by atoms with E-state index < -0.39 is 0 Å². The van der Waals surface area contributed by atoms with Crippen LogP contribution in [0.2, 0.25) is 0 Å². The number of likely N-dealkylation sites (tertiary alicyclic amines) is 1. The maximum absolute atomic E-state index is 12.6. The molecule has 1 aliphatic heterocycles. The summed E-state index contributed by atoms with van der Waals surface area (Å²) in [5.41, 5.74) is 2.60. The van der Waals surface area contributed by atoms with Gasteiger partial charge in [-0.1, -0.05) is 24.3 Å². The molecule has 5 nitrogen and oxygen atoms in total. The largest absolute Gasteiger partial charge is 0.334 e. The number of amides is 2. The molecule has 1 saturated heterocycles. The number of aromatic nitrogens is 2. The summed E-state index contributed by atoms with van der Waals surface area (Å²) in [5, 5.41) is 3.09. The highest BCUT2D eigenvalue weighted by Gasteiger charge is 2.29. The maximum atomic E-state index is 12.6. The van der Waals surface area contributed by atoms with Crippen molar-refractivity contribution in [3.05, 3.63) is 53.6 Å². The van der Waals surface area contributed by atoms with Gasteiger partial charge in [0, 0.05) is 32.0 Å². The molecular formula is C20H26N4O. The van der Waals surface area contributed by atoms with Crippen LogP contribution in [-0.2, 0) is 13.1 Å². The van der Waals surface area contributed by atoms with E-state index in [1.807, 2.05) is 24.2 Å². The van der Waals surface area contributed by atoms with Gasteiger partial charge in [0.2, 0.25) is 0 Å². The summed E-state index contributed by atoms with van der Waals surface area (Å²) in [5.74, 6) is 1.78. The highest BCUT2D eigenvalue weighted by molar-refractivity contribution is 5.74. The van der Waals surface area contributed by atoms with E-state index in [1.54, 1.807) is 0 Å². The molecule has 1 aromatic heterocycles. The van der Waals surface area contributed by atoms with Crippen molar-refractivity contribution in [2.24, 2.45) is 0 Å². The normalized spacial score (nSPS) is 20.0. The van der Waals surface area contributed by atoms with Crippen LogP contribution in [0.1, 0.15) is 48.6 Å². The zero-order valence-electron chi connectivity index (χ0n) is 14.8. The van der Waals surface area contributed by atoms with E-state index in [-0.39, 0.29) is 12.1 Å². The lowest BCUT2D eigenvalue weighted by molar-refractivity contribution is 0.186. The molecule has 1 aromatic carbocycles. The summed E-state index contributed by atoms with van der Waals surface area (Å²) in [6.45, 7) is 4.27. The summed E-state index contributed by atoms with van der Waals surface area (Å²) >= 11 is 0. The van der Waals surface area contributed by atoms with E-state index in [4.69, 9.17) is 0 Å². The molecule has 0 spiro atoms. The summed E-state index contributed by atoms with van der Waals surface area (Å²) in [6.07, 6.45) is 8.58. The van der Waals surface area contributed by atoms with Crippen molar-refractivity contribution in [1.29, 1.82) is 0 Å². The van der Waals surface area contributed by atoms with E-state index in [9.17, 15) is 4.79 Å². The molecule has 132 valence electrons. The van der Waals surface area contributed by atoms with Crippen LogP contribution in [0.5, 0.6) is 0 Å². The molecule has 1 N–H and O–H groups in total. The minimum absolute atomic E-state index is 0.0477. The van der Waals surface area contributed by atoms with Gasteiger partial charge < -0.3 is 14.8 Å². The van der Waals surface area contributed by atoms with Crippen molar-refractivity contribution in [3.63, 3.8) is 0 Å². The van der Waals surface area contributed by atoms with Crippen molar-refractivity contribution in [2.75, 3.05) is 6.54 Å². The van der Waals surface area contributed by atoms with E-state index in [0.717, 1.165) is 37.7 Å². The molecule has 1 saturated carbocycles. The first-order chi connectivity index (χ1) is 12.2. The van der Waals surface area contributed by atoms with Crippen molar-refractivity contribution in [3.8, 4) is 0 Å². The third-order valence-corrected chi connectivity index (χ3v) is 5.44. The second-order valence-electron chi connectivity index (χ2n) is 7.29. The molecular weight excluding hydrogens is 312 g/mol. The van der Waals surface area contributed by atoms with Crippen LogP contribution in [0.25, 0.3) is 0 Å². The number of rotatable bonds is 5. The number of imidazole rings is 1. The lowest BCUT2D eigenvalue weighted by Gasteiger charge is -2.25. The third kappa shape index (κ3) is 3.70. The number of benzene rings is 1. The van der Waals surface area contributed by atoms with Crippen LogP contribution < -0.4 is 5.32 Å². The Balaban J connectivity index is 1.32. The number of aryl methyl sites for hydroxylation is 1. The van der Waals surface area contributed by atoms with Gasteiger partial charge in [0.1, 0.15) is 5.82 Å². The molecule has 2 aliphatic rings. The molecule has 0 bridgehead atoms. The van der Waals surface area contributed by atoms with Gasteiger partial charge in [-0.2, -0.15) is 0 Å². The molecule has 25 heavy (non-hydrogen) atoms. The van der Waals surface area contributed by atoms with Crippen LogP contribution in [-0.4, -0.2) is 33.1 Å². The molecule has 0 radical (unpaired) electrons. The van der Waals surface area contributed by atoms with Crippen LogP contribution in [0.4, 0.5) is 4.79 Å². The minimum atomic E-state index is 0.0477. The molecule has 2 heterocycles. The molecule has 1 atom stereocenters. The first-order valence-electron chi connectivity index (χ1n) is 9.32. The Morgan fingerprint density at radius 3 is 2.72 bits per heavy atom. The van der Waals surface area contributed by atoms with Gasteiger partial charge in [0.15, 0.2) is 0 Å². The summed E-state index contributed by atoms with van der Waals surface area (Å²) in [7, 11) is 0. The smallest absolute Gasteiger partial charge is 0.317 e. The fourth-order valence-electron chi connectivity index (χ4n) is 3.72. The Bertz CT molecular complexity index is 732. The van der Waals surface area contributed by atoms with Crippen molar-refractivity contribution in [2.45, 2.75) is 57.7 Å². The van der Waals surface area contributed by atoms with Crippen LogP contribution >= 0.6 is 0 Å². The van der Waals surface area contributed by atoms with Crippen LogP contribution in [0.15, 0.2) is 36.7 Å². The number of carbonyl (C=O) groups is 1. The molecule has 2 fully saturated rings. The standard InChI is InChI=1S/C20H26N4O/c1-15-21-10-12-23(15)14-19-3-2-11-24(19)20(25)22-13-16-4-6-17(7-5-16)18-8-9-18/h4-7,10,12,18-19H,2-3,8-9,11,13-14H2,1H3,(H,22,25)/t19-/m1/s1. The summed E-state index contributed by atoms with van der Waals surface area (Å²) < 4.78 is 2.13. The van der Waals surface area contributed by atoms with Gasteiger partial charge in [0.25, 0.3) is 0 Å². The van der Waals surface area contributed by atoms with Gasteiger partial charge in [-0.15, -0.1) is 0 Å². The van der Waals surface area contributed by atoms with E-state index in [0.29, 0.717) is 6.54 Å². The second-order valence-corrected chi connectivity index (χ2v) is 7.29. The molecule has 0 unspecified atom stereocenters. The Morgan fingerprint density at radius 1 is 1.24 bits per heavy atom. The van der Waals surface area contributed by atoms with Gasteiger partial charge in [-0.05, 0) is 49.7 Å². The Kier molecular flexibility index (Phi) is 4.47. The first kappa shape index (κ1) is 16.2. The third-order valence-electron chi connectivity index (χ3n) is 5.44. The quantitative estimate of drug-likeness (QED) is 0.908. The Hall–Kier alpha value is -2.30. The zero-order valence-corrected chi connectivity index (χ0v) is 14.8. The Labute approximate surface area is 149 Å². The maximum Gasteiger partial charge on any atom is 0.317 e. The molecule has 4 rings (SSSR count). The van der Waals surface area contributed by atoms with Gasteiger partial charge in [-0.3, -0.25) is 0 Å². The van der Waals surface area contributed by atoms with Crippen molar-refractivity contribution < 1.29 is 4.79 Å². The average Bonchev–Trinajstić information content (AvgIpc) is 3.25. The number of hydrogen-bond acceptors (Lipinski definition) is 2. The van der Waals surface area contributed by atoms with Gasteiger partial charge >= 0.3 is 6.03 Å². The predicted molar refractivity (Wildman–Crippen MR) is 97.3 cm³/mol. The highest BCUT2D eigenvalue weighted by Crippen LogP contribution is 2.39. The number of carbonyl (C=O) groups excluding carboxylic acids is 1. The SMILES string of the molecule is Cc1nccn1C[C@H]1CCCN1C(=O)NCc1ccc(C2CC2)cc1. The number of hydrogen-bond donors (Lipinski definition) is 1. The van der Waals surface area contributed by atoms with Gasteiger partial charge in [0.05, 0.1) is 6.04 Å². The fraction of sp³-hybridized carbons (Fsp3) is 0.500. The minimum Gasteiger partial charge on any atom is -0.334 e. The topological polar surface area (TPSA) is 50.2 Å².